The first kappa shape index (κ1) is 21.0. The number of amides is 1. The lowest BCUT2D eigenvalue weighted by atomic mass is 10.2. The number of hydrogen-bond donors (Lipinski definition) is 1. The molecule has 0 aliphatic heterocycles. The number of hydrogen-bond acceptors (Lipinski definition) is 6. The minimum absolute atomic E-state index is 0.306. The molecule has 0 fully saturated rings. The predicted molar refractivity (Wildman–Crippen MR) is 117 cm³/mol. The van der Waals surface area contributed by atoms with Crippen LogP contribution in [0.1, 0.15) is 6.92 Å². The summed E-state index contributed by atoms with van der Waals surface area (Å²) in [7, 11) is 1.54. The number of anilines is 1. The van der Waals surface area contributed by atoms with Crippen molar-refractivity contribution in [3.05, 3.63) is 78.6 Å². The maximum absolute atomic E-state index is 13.1. The third-order valence-corrected chi connectivity index (χ3v) is 4.67. The van der Waals surface area contributed by atoms with E-state index in [1.165, 1.54) is 12.1 Å². The molecule has 32 heavy (non-hydrogen) atoms. The van der Waals surface area contributed by atoms with Gasteiger partial charge in [-0.1, -0.05) is 17.3 Å². The first-order valence-corrected chi connectivity index (χ1v) is 9.84. The number of methoxy groups -OCH3 is 1. The Morgan fingerprint density at radius 2 is 1.62 bits per heavy atom. The molecule has 3 aromatic carbocycles. The molecule has 1 amide bonds. The molecule has 7 nitrogen and oxygen atoms in total. The molecule has 8 heteroatoms. The summed E-state index contributed by atoms with van der Waals surface area (Å²) in [4.78, 5) is 16.9. The summed E-state index contributed by atoms with van der Waals surface area (Å²) in [6, 6.07) is 19.9. The van der Waals surface area contributed by atoms with Gasteiger partial charge < -0.3 is 19.3 Å². The molecule has 0 aliphatic rings. The van der Waals surface area contributed by atoms with E-state index >= 15 is 0 Å². The van der Waals surface area contributed by atoms with Crippen molar-refractivity contribution in [1.29, 1.82) is 0 Å². The first-order chi connectivity index (χ1) is 15.5. The molecule has 0 bridgehead atoms. The zero-order valence-electron chi connectivity index (χ0n) is 17.4. The van der Waals surface area contributed by atoms with Gasteiger partial charge in [0.2, 0.25) is 5.82 Å². The summed E-state index contributed by atoms with van der Waals surface area (Å²) in [6.45, 7) is 1.66. The van der Waals surface area contributed by atoms with Crippen molar-refractivity contribution >= 4 is 11.6 Å². The Morgan fingerprint density at radius 3 is 2.31 bits per heavy atom. The minimum Gasteiger partial charge on any atom is -0.493 e. The van der Waals surface area contributed by atoms with Crippen molar-refractivity contribution in [3.63, 3.8) is 0 Å². The number of para-hydroxylation sites is 2. The van der Waals surface area contributed by atoms with Crippen molar-refractivity contribution in [3.8, 4) is 34.3 Å². The molecule has 0 spiro atoms. The van der Waals surface area contributed by atoms with Crippen molar-refractivity contribution < 1.29 is 23.2 Å². The first-order valence-electron chi connectivity index (χ1n) is 9.84. The fourth-order valence-electron chi connectivity index (χ4n) is 2.96. The Kier molecular flexibility index (Phi) is 6.12. The normalized spacial score (nSPS) is 11.6. The zero-order chi connectivity index (χ0) is 22.5. The van der Waals surface area contributed by atoms with Gasteiger partial charge in [0.1, 0.15) is 5.82 Å². The molecule has 1 atom stereocenters. The lowest BCUT2D eigenvalue weighted by Gasteiger charge is -2.16. The van der Waals surface area contributed by atoms with Crippen LogP contribution in [0.25, 0.3) is 22.8 Å². The molecule has 162 valence electrons. The Bertz CT molecular complexity index is 1210. The van der Waals surface area contributed by atoms with Crippen LogP contribution in [0, 0.1) is 5.82 Å². The number of carbonyl (C=O) groups is 1. The molecule has 0 saturated carbocycles. The summed E-state index contributed by atoms with van der Waals surface area (Å²) in [6.07, 6.45) is -0.736. The maximum atomic E-state index is 13.1. The number of rotatable bonds is 7. The van der Waals surface area contributed by atoms with E-state index in [9.17, 15) is 9.18 Å². The SMILES string of the molecule is COc1ccccc1OC(C)C(=O)Nc1ccc(-c2nc(-c3ccc(F)cc3)no2)cc1. The number of nitrogens with one attached hydrogen (secondary N) is 1. The van der Waals surface area contributed by atoms with Crippen LogP contribution in [-0.4, -0.2) is 29.3 Å². The summed E-state index contributed by atoms with van der Waals surface area (Å²) in [5, 5.41) is 6.74. The van der Waals surface area contributed by atoms with Gasteiger partial charge >= 0.3 is 0 Å². The Labute approximate surface area is 183 Å². The summed E-state index contributed by atoms with van der Waals surface area (Å²) in [5.41, 5.74) is 1.92. The summed E-state index contributed by atoms with van der Waals surface area (Å²) >= 11 is 0. The van der Waals surface area contributed by atoms with E-state index < -0.39 is 6.10 Å². The number of halogens is 1. The van der Waals surface area contributed by atoms with Gasteiger partial charge in [-0.2, -0.15) is 4.98 Å². The number of benzene rings is 3. The molecule has 4 rings (SSSR count). The minimum atomic E-state index is -0.736. The average molecular weight is 433 g/mol. The second-order valence-corrected chi connectivity index (χ2v) is 6.91. The van der Waals surface area contributed by atoms with Gasteiger partial charge in [0, 0.05) is 16.8 Å². The molecule has 0 aliphatic carbocycles. The molecule has 0 radical (unpaired) electrons. The lowest BCUT2D eigenvalue weighted by Crippen LogP contribution is -2.30. The molecular weight excluding hydrogens is 413 g/mol. The molecule has 1 N–H and O–H groups in total. The molecule has 0 saturated heterocycles. The summed E-state index contributed by atoms with van der Waals surface area (Å²) in [5.74, 6) is 1.07. The quantitative estimate of drug-likeness (QED) is 0.443. The molecule has 1 unspecified atom stereocenters. The molecule has 1 aromatic heterocycles. The zero-order valence-corrected chi connectivity index (χ0v) is 17.4. The van der Waals surface area contributed by atoms with Gasteiger partial charge in [-0.3, -0.25) is 4.79 Å². The molecule has 4 aromatic rings. The van der Waals surface area contributed by atoms with Crippen LogP contribution < -0.4 is 14.8 Å². The fourth-order valence-corrected chi connectivity index (χ4v) is 2.96. The highest BCUT2D eigenvalue weighted by Crippen LogP contribution is 2.27. The van der Waals surface area contributed by atoms with Crippen molar-refractivity contribution in [2.45, 2.75) is 13.0 Å². The van der Waals surface area contributed by atoms with Crippen LogP contribution in [0.4, 0.5) is 10.1 Å². The number of aromatic nitrogens is 2. The van der Waals surface area contributed by atoms with Crippen LogP contribution in [0.3, 0.4) is 0 Å². The predicted octanol–water partition coefficient (Wildman–Crippen LogP) is 4.96. The van der Waals surface area contributed by atoms with E-state index in [1.54, 1.807) is 68.6 Å². The van der Waals surface area contributed by atoms with Gasteiger partial charge in [0.25, 0.3) is 11.8 Å². The summed E-state index contributed by atoms with van der Waals surface area (Å²) < 4.78 is 29.4. The van der Waals surface area contributed by atoms with Crippen molar-refractivity contribution in [2.75, 3.05) is 12.4 Å². The number of nitrogens with zero attached hydrogens (tertiary/aromatic N) is 2. The average Bonchev–Trinajstić information content (AvgIpc) is 3.30. The van der Waals surface area contributed by atoms with E-state index in [0.29, 0.717) is 40.0 Å². The fraction of sp³-hybridized carbons (Fsp3) is 0.125. The van der Waals surface area contributed by atoms with Crippen molar-refractivity contribution in [1.82, 2.24) is 10.1 Å². The van der Waals surface area contributed by atoms with Crippen LogP contribution in [-0.2, 0) is 4.79 Å². The van der Waals surface area contributed by atoms with Gasteiger partial charge in [-0.15, -0.1) is 0 Å². The standard InChI is InChI=1S/C24H20FN3O4/c1-15(31-21-6-4-3-5-20(21)30-2)23(29)26-19-13-9-17(10-14-19)24-27-22(28-32-24)16-7-11-18(25)12-8-16/h3-15H,1-2H3,(H,26,29). The highest BCUT2D eigenvalue weighted by atomic mass is 19.1. The van der Waals surface area contributed by atoms with E-state index in [-0.39, 0.29) is 11.7 Å². The van der Waals surface area contributed by atoms with Crippen LogP contribution in [0.5, 0.6) is 11.5 Å². The van der Waals surface area contributed by atoms with Crippen LogP contribution in [0.15, 0.2) is 77.3 Å². The van der Waals surface area contributed by atoms with Crippen LogP contribution in [0.2, 0.25) is 0 Å². The van der Waals surface area contributed by atoms with Crippen molar-refractivity contribution in [2.24, 2.45) is 0 Å². The van der Waals surface area contributed by atoms with Gasteiger partial charge in [-0.25, -0.2) is 4.39 Å². The monoisotopic (exact) mass is 433 g/mol. The number of ether oxygens (including phenoxy) is 2. The van der Waals surface area contributed by atoms with Crippen LogP contribution >= 0.6 is 0 Å². The smallest absolute Gasteiger partial charge is 0.265 e. The van der Waals surface area contributed by atoms with E-state index in [0.717, 1.165) is 0 Å². The third-order valence-electron chi connectivity index (χ3n) is 4.67. The topological polar surface area (TPSA) is 86.5 Å². The second-order valence-electron chi connectivity index (χ2n) is 6.91. The third kappa shape index (κ3) is 4.75. The molecule has 1 heterocycles. The second kappa shape index (κ2) is 9.30. The van der Waals surface area contributed by atoms with Gasteiger partial charge in [0.05, 0.1) is 7.11 Å². The Hall–Kier alpha value is -4.20. The Morgan fingerprint density at radius 1 is 0.969 bits per heavy atom. The van der Waals surface area contributed by atoms with Gasteiger partial charge in [-0.05, 0) is 67.6 Å². The Balaban J connectivity index is 1.40. The maximum Gasteiger partial charge on any atom is 0.265 e. The van der Waals surface area contributed by atoms with E-state index in [1.807, 2.05) is 6.07 Å². The van der Waals surface area contributed by atoms with Gasteiger partial charge in [0.15, 0.2) is 17.6 Å². The van der Waals surface area contributed by atoms with E-state index in [2.05, 4.69) is 15.5 Å². The highest BCUT2D eigenvalue weighted by Gasteiger charge is 2.17. The largest absolute Gasteiger partial charge is 0.493 e. The molecular formula is C24H20FN3O4. The number of carbonyl (C=O) groups excluding carboxylic acids is 1. The lowest BCUT2D eigenvalue weighted by molar-refractivity contribution is -0.122. The highest BCUT2D eigenvalue weighted by molar-refractivity contribution is 5.94. The van der Waals surface area contributed by atoms with E-state index in [4.69, 9.17) is 14.0 Å².